The first-order valence-corrected chi connectivity index (χ1v) is 8.51. The topological polar surface area (TPSA) is 77.3 Å². The zero-order chi connectivity index (χ0) is 18.8. The number of ether oxygens (including phenoxy) is 3. The summed E-state index contributed by atoms with van der Waals surface area (Å²) < 4.78 is 16.3. The molecule has 0 unspecified atom stereocenters. The molecule has 0 saturated carbocycles. The Kier molecular flexibility index (Phi) is 5.25. The predicted octanol–water partition coefficient (Wildman–Crippen LogP) is 5.70. The number of aromatic nitrogens is 2. The maximum Gasteiger partial charge on any atom is 0.221 e. The Morgan fingerprint density at radius 1 is 1.04 bits per heavy atom. The fourth-order valence-corrected chi connectivity index (χ4v) is 3.30. The van der Waals surface area contributed by atoms with Crippen LogP contribution < -0.4 is 14.2 Å². The van der Waals surface area contributed by atoms with Crippen LogP contribution in [0, 0.1) is 0 Å². The van der Waals surface area contributed by atoms with E-state index >= 15 is 0 Å². The molecule has 0 radical (unpaired) electrons. The number of rotatable bonds is 5. The minimum atomic E-state index is 0.132. The lowest BCUT2D eigenvalue weighted by molar-refractivity contribution is 0.331. The molecule has 136 valence electrons. The number of halogens is 2. The van der Waals surface area contributed by atoms with Crippen LogP contribution in [0.25, 0.3) is 27.8 Å². The van der Waals surface area contributed by atoms with Gasteiger partial charge in [0.2, 0.25) is 5.88 Å². The first-order valence-electron chi connectivity index (χ1n) is 7.75. The number of nitrogens with one attached hydrogen (secondary N) is 1. The van der Waals surface area contributed by atoms with Crippen molar-refractivity contribution >= 4 is 39.8 Å². The Hall–Kier alpha value is -2.44. The highest BCUT2D eigenvalue weighted by Gasteiger charge is 2.21. The SMILES string of the molecule is CCOc1nc(-c2c(Cl)c(OC)cc(OC)c2Cl)cc2cnc([NH-])cc12. The Morgan fingerprint density at radius 2 is 1.69 bits per heavy atom. The van der Waals surface area contributed by atoms with Crippen molar-refractivity contribution in [2.45, 2.75) is 6.92 Å². The molecular formula is C18H16Cl2N3O3-. The molecule has 0 spiro atoms. The van der Waals surface area contributed by atoms with Crippen molar-refractivity contribution in [2.75, 3.05) is 20.8 Å². The monoisotopic (exact) mass is 392 g/mol. The standard InChI is InChI=1S/C18H16Cl2N3O3/c1-4-26-18-10-6-14(21)22-8-9(10)5-11(23-18)15-16(19)12(24-2)7-13(25-3)17(15)20/h5-8H,4H2,1-3H3,(H-,21,22)/q-1. The lowest BCUT2D eigenvalue weighted by Crippen LogP contribution is -1.99. The Labute approximate surface area is 160 Å². The average molecular weight is 393 g/mol. The van der Waals surface area contributed by atoms with Crippen molar-refractivity contribution in [3.05, 3.63) is 40.2 Å². The first-order chi connectivity index (χ1) is 12.5. The molecule has 0 fully saturated rings. The molecule has 2 heterocycles. The average Bonchev–Trinajstić information content (AvgIpc) is 2.63. The number of pyridine rings is 2. The molecule has 2 aromatic heterocycles. The molecule has 26 heavy (non-hydrogen) atoms. The molecular weight excluding hydrogens is 377 g/mol. The molecule has 0 aliphatic rings. The second-order valence-electron chi connectivity index (χ2n) is 5.32. The van der Waals surface area contributed by atoms with Crippen LogP contribution in [0.4, 0.5) is 5.82 Å². The van der Waals surface area contributed by atoms with Gasteiger partial charge >= 0.3 is 0 Å². The predicted molar refractivity (Wildman–Crippen MR) is 103 cm³/mol. The van der Waals surface area contributed by atoms with Gasteiger partial charge in [0.25, 0.3) is 0 Å². The van der Waals surface area contributed by atoms with Crippen LogP contribution in [-0.4, -0.2) is 30.8 Å². The number of nitrogens with zero attached hydrogens (tertiary/aromatic N) is 2. The van der Waals surface area contributed by atoms with Crippen LogP contribution in [0.1, 0.15) is 6.92 Å². The van der Waals surface area contributed by atoms with Crippen LogP contribution in [0.15, 0.2) is 24.4 Å². The summed E-state index contributed by atoms with van der Waals surface area (Å²) in [6, 6.07) is 5.01. The zero-order valence-corrected chi connectivity index (χ0v) is 15.9. The van der Waals surface area contributed by atoms with Crippen molar-refractivity contribution in [3.8, 4) is 28.6 Å². The van der Waals surface area contributed by atoms with Crippen LogP contribution in [0.2, 0.25) is 10.0 Å². The molecule has 0 bridgehead atoms. The molecule has 1 N–H and O–H groups in total. The fraction of sp³-hybridized carbons (Fsp3) is 0.222. The van der Waals surface area contributed by atoms with Gasteiger partial charge < -0.3 is 24.9 Å². The van der Waals surface area contributed by atoms with Crippen LogP contribution in [-0.2, 0) is 0 Å². The maximum atomic E-state index is 7.73. The van der Waals surface area contributed by atoms with Crippen molar-refractivity contribution in [3.63, 3.8) is 0 Å². The van der Waals surface area contributed by atoms with E-state index in [0.29, 0.717) is 50.7 Å². The molecule has 0 atom stereocenters. The first kappa shape index (κ1) is 18.4. The Bertz CT molecular complexity index is 952. The van der Waals surface area contributed by atoms with Crippen LogP contribution in [0.3, 0.4) is 0 Å². The summed E-state index contributed by atoms with van der Waals surface area (Å²) >= 11 is 13.0. The molecule has 3 rings (SSSR count). The Morgan fingerprint density at radius 3 is 2.27 bits per heavy atom. The van der Waals surface area contributed by atoms with Crippen molar-refractivity contribution < 1.29 is 14.2 Å². The minimum absolute atomic E-state index is 0.132. The van der Waals surface area contributed by atoms with Gasteiger partial charge in [-0.2, -0.15) is 0 Å². The fourth-order valence-electron chi connectivity index (χ4n) is 2.60. The van der Waals surface area contributed by atoms with E-state index < -0.39 is 0 Å². The summed E-state index contributed by atoms with van der Waals surface area (Å²) in [4.78, 5) is 8.58. The lowest BCUT2D eigenvalue weighted by Gasteiger charge is -2.16. The summed E-state index contributed by atoms with van der Waals surface area (Å²) in [6.07, 6.45) is 1.59. The van der Waals surface area contributed by atoms with Crippen molar-refractivity contribution in [1.29, 1.82) is 0 Å². The molecule has 6 nitrogen and oxygen atoms in total. The van der Waals surface area contributed by atoms with Gasteiger partial charge in [0.05, 0.1) is 36.6 Å². The summed E-state index contributed by atoms with van der Waals surface area (Å²) in [5.74, 6) is 1.35. The molecule has 0 saturated heterocycles. The third-order valence-corrected chi connectivity index (χ3v) is 4.54. The smallest absolute Gasteiger partial charge is 0.221 e. The summed E-state index contributed by atoms with van der Waals surface area (Å²) in [6.45, 7) is 2.28. The van der Waals surface area contributed by atoms with Gasteiger partial charge in [-0.1, -0.05) is 41.3 Å². The molecule has 3 aromatic rings. The van der Waals surface area contributed by atoms with Crippen LogP contribution in [0.5, 0.6) is 17.4 Å². The minimum Gasteiger partial charge on any atom is -0.495 e. The summed E-state index contributed by atoms with van der Waals surface area (Å²) in [5.41, 5.74) is 8.70. The number of benzene rings is 1. The van der Waals surface area contributed by atoms with Gasteiger partial charge in [-0.25, -0.2) is 4.98 Å². The van der Waals surface area contributed by atoms with Gasteiger partial charge in [0, 0.05) is 17.0 Å². The molecule has 1 aromatic carbocycles. The van der Waals surface area contributed by atoms with Crippen molar-refractivity contribution in [1.82, 2.24) is 9.97 Å². The van der Waals surface area contributed by atoms with E-state index in [1.54, 1.807) is 24.4 Å². The number of hydrogen-bond donors (Lipinski definition) is 0. The quantitative estimate of drug-likeness (QED) is 0.555. The second kappa shape index (κ2) is 7.43. The molecule has 8 heteroatoms. The van der Waals surface area contributed by atoms with Gasteiger partial charge in [0.15, 0.2) is 0 Å². The van der Waals surface area contributed by atoms with E-state index in [1.165, 1.54) is 14.2 Å². The van der Waals surface area contributed by atoms with Crippen molar-refractivity contribution in [2.24, 2.45) is 0 Å². The van der Waals surface area contributed by atoms with E-state index in [9.17, 15) is 0 Å². The largest absolute Gasteiger partial charge is 0.495 e. The molecule has 0 amide bonds. The van der Waals surface area contributed by atoms with E-state index in [-0.39, 0.29) is 5.82 Å². The number of fused-ring (bicyclic) bond motifs is 1. The third-order valence-electron chi connectivity index (χ3n) is 3.79. The van der Waals surface area contributed by atoms with Gasteiger partial charge in [-0.05, 0) is 18.4 Å². The third kappa shape index (κ3) is 3.18. The van der Waals surface area contributed by atoms with E-state index in [2.05, 4.69) is 9.97 Å². The zero-order valence-electron chi connectivity index (χ0n) is 14.4. The molecule has 0 aliphatic heterocycles. The summed E-state index contributed by atoms with van der Waals surface area (Å²) in [5, 5.41) is 2.08. The summed E-state index contributed by atoms with van der Waals surface area (Å²) in [7, 11) is 3.02. The van der Waals surface area contributed by atoms with E-state index in [4.69, 9.17) is 43.1 Å². The highest BCUT2D eigenvalue weighted by Crippen LogP contribution is 2.46. The molecule has 0 aliphatic carbocycles. The highest BCUT2D eigenvalue weighted by atomic mass is 35.5. The van der Waals surface area contributed by atoms with Gasteiger partial charge in [0.1, 0.15) is 11.5 Å². The lowest BCUT2D eigenvalue weighted by atomic mass is 10.1. The number of hydrogen-bond acceptors (Lipinski definition) is 5. The normalized spacial score (nSPS) is 10.8. The van der Waals surface area contributed by atoms with E-state index in [0.717, 1.165) is 5.39 Å². The maximum absolute atomic E-state index is 7.73. The van der Waals surface area contributed by atoms with Gasteiger partial charge in [-0.3, -0.25) is 0 Å². The Balaban J connectivity index is 2.34. The highest BCUT2D eigenvalue weighted by molar-refractivity contribution is 6.41. The second-order valence-corrected chi connectivity index (χ2v) is 6.08. The van der Waals surface area contributed by atoms with Gasteiger partial charge in [-0.15, -0.1) is 0 Å². The van der Waals surface area contributed by atoms with Crippen LogP contribution >= 0.6 is 23.2 Å². The van der Waals surface area contributed by atoms with E-state index in [1.807, 2.05) is 6.92 Å². The number of methoxy groups -OCH3 is 2.